The SMILES string of the molecule is CCCCCCCCCCCCCCCC(=O)NCCO.CCCCCCCCCCCCCCCCCC(N)=O. The molecule has 0 heterocycles. The van der Waals surface area contributed by atoms with Crippen molar-refractivity contribution < 1.29 is 14.7 Å². The fourth-order valence-electron chi connectivity index (χ4n) is 5.26. The van der Waals surface area contributed by atoms with Crippen LogP contribution in [0.25, 0.3) is 0 Å². The van der Waals surface area contributed by atoms with Gasteiger partial charge in [-0.3, -0.25) is 9.59 Å². The molecular formula is C36H74N2O3. The summed E-state index contributed by atoms with van der Waals surface area (Å²) < 4.78 is 0. The Labute approximate surface area is 257 Å². The molecule has 0 aliphatic heterocycles. The van der Waals surface area contributed by atoms with E-state index >= 15 is 0 Å². The number of aliphatic hydroxyl groups excluding tert-OH is 1. The van der Waals surface area contributed by atoms with Crippen LogP contribution in [-0.2, 0) is 9.59 Å². The van der Waals surface area contributed by atoms with Gasteiger partial charge < -0.3 is 16.2 Å². The van der Waals surface area contributed by atoms with Gasteiger partial charge in [-0.25, -0.2) is 0 Å². The Kier molecular flexibility index (Phi) is 39.9. The summed E-state index contributed by atoms with van der Waals surface area (Å²) in [6, 6.07) is 0. The molecule has 0 aromatic rings. The van der Waals surface area contributed by atoms with Crippen LogP contribution in [0.1, 0.15) is 206 Å². The summed E-state index contributed by atoms with van der Waals surface area (Å²) in [5.74, 6) is -0.0770. The lowest BCUT2D eigenvalue weighted by atomic mass is 10.0. The lowest BCUT2D eigenvalue weighted by Crippen LogP contribution is -2.25. The fraction of sp³-hybridized carbons (Fsp3) is 0.944. The van der Waals surface area contributed by atoms with Gasteiger partial charge in [0, 0.05) is 19.4 Å². The van der Waals surface area contributed by atoms with E-state index in [2.05, 4.69) is 19.2 Å². The minimum absolute atomic E-state index is 0.0321. The zero-order valence-corrected chi connectivity index (χ0v) is 28.0. The molecule has 0 fully saturated rings. The standard InChI is InChI=1S/C18H37NO2.C18H37NO/c1-2-3-4-5-6-7-8-9-10-11-12-13-14-15-18(21)19-16-17-20;1-2-3-4-5-6-7-8-9-10-11-12-13-14-15-16-17-18(19)20/h20H,2-17H2,1H3,(H,19,21);2-17H2,1H3,(H2,19,20). The van der Waals surface area contributed by atoms with E-state index in [0.29, 0.717) is 19.4 Å². The third-order valence-corrected chi connectivity index (χ3v) is 7.97. The molecule has 41 heavy (non-hydrogen) atoms. The number of primary amides is 1. The fourth-order valence-corrected chi connectivity index (χ4v) is 5.26. The van der Waals surface area contributed by atoms with Gasteiger partial charge in [0.05, 0.1) is 6.61 Å². The highest BCUT2D eigenvalue weighted by Gasteiger charge is 2.00. The number of nitrogens with one attached hydrogen (secondary N) is 1. The Morgan fingerprint density at radius 1 is 0.463 bits per heavy atom. The first-order valence-corrected chi connectivity index (χ1v) is 18.2. The number of amides is 2. The molecule has 0 aromatic carbocycles. The number of unbranched alkanes of at least 4 members (excludes halogenated alkanes) is 26. The molecule has 5 heteroatoms. The molecule has 0 unspecified atom stereocenters. The average molecular weight is 583 g/mol. The Morgan fingerprint density at radius 3 is 1.00 bits per heavy atom. The minimum atomic E-state index is -0.153. The van der Waals surface area contributed by atoms with Crippen LogP contribution >= 0.6 is 0 Å². The molecule has 0 saturated carbocycles. The van der Waals surface area contributed by atoms with Crippen molar-refractivity contribution in [3.8, 4) is 0 Å². The first-order chi connectivity index (χ1) is 20.1. The first kappa shape index (κ1) is 42.0. The molecule has 0 spiro atoms. The average Bonchev–Trinajstić information content (AvgIpc) is 2.96. The molecule has 246 valence electrons. The molecule has 0 aliphatic carbocycles. The zero-order valence-electron chi connectivity index (χ0n) is 28.0. The number of nitrogens with two attached hydrogens (primary N) is 1. The Balaban J connectivity index is 0. The van der Waals surface area contributed by atoms with Crippen molar-refractivity contribution in [2.45, 2.75) is 206 Å². The quantitative estimate of drug-likeness (QED) is 0.0689. The summed E-state index contributed by atoms with van der Waals surface area (Å²) in [6.07, 6.45) is 38.7. The maximum Gasteiger partial charge on any atom is 0.220 e. The van der Waals surface area contributed by atoms with E-state index < -0.39 is 0 Å². The number of hydrogen-bond donors (Lipinski definition) is 3. The van der Waals surface area contributed by atoms with Crippen molar-refractivity contribution in [1.82, 2.24) is 5.32 Å². The Bertz CT molecular complexity index is 513. The smallest absolute Gasteiger partial charge is 0.220 e. The highest BCUT2D eigenvalue weighted by Crippen LogP contribution is 2.14. The molecule has 0 saturated heterocycles. The highest BCUT2D eigenvalue weighted by atomic mass is 16.3. The van der Waals surface area contributed by atoms with Crippen LogP contribution < -0.4 is 11.1 Å². The second-order valence-corrected chi connectivity index (χ2v) is 12.2. The maximum absolute atomic E-state index is 11.3. The lowest BCUT2D eigenvalue weighted by molar-refractivity contribution is -0.121. The van der Waals surface area contributed by atoms with Crippen molar-refractivity contribution in [2.75, 3.05) is 13.2 Å². The minimum Gasteiger partial charge on any atom is -0.395 e. The predicted octanol–water partition coefficient (Wildman–Crippen LogP) is 10.3. The zero-order chi connectivity index (χ0) is 30.5. The van der Waals surface area contributed by atoms with Crippen LogP contribution in [0.5, 0.6) is 0 Å². The Hall–Kier alpha value is -1.10. The molecule has 0 radical (unpaired) electrons. The lowest BCUT2D eigenvalue weighted by Gasteiger charge is -2.04. The van der Waals surface area contributed by atoms with Crippen molar-refractivity contribution >= 4 is 11.8 Å². The molecule has 5 nitrogen and oxygen atoms in total. The molecule has 0 rings (SSSR count). The van der Waals surface area contributed by atoms with Crippen LogP contribution in [0.15, 0.2) is 0 Å². The van der Waals surface area contributed by atoms with E-state index in [0.717, 1.165) is 19.3 Å². The Morgan fingerprint density at radius 2 is 0.732 bits per heavy atom. The summed E-state index contributed by atoms with van der Waals surface area (Å²) in [5, 5.41) is 11.3. The van der Waals surface area contributed by atoms with Gasteiger partial charge in [0.25, 0.3) is 0 Å². The second-order valence-electron chi connectivity index (χ2n) is 12.2. The number of carbonyl (C=O) groups is 2. The van der Waals surface area contributed by atoms with Gasteiger partial charge in [0.1, 0.15) is 0 Å². The molecule has 2 amide bonds. The first-order valence-electron chi connectivity index (χ1n) is 18.2. The normalized spacial score (nSPS) is 10.8. The van der Waals surface area contributed by atoms with Gasteiger partial charge in [0.2, 0.25) is 11.8 Å². The van der Waals surface area contributed by atoms with Crippen molar-refractivity contribution in [1.29, 1.82) is 0 Å². The van der Waals surface area contributed by atoms with E-state index in [-0.39, 0.29) is 18.4 Å². The van der Waals surface area contributed by atoms with Gasteiger partial charge in [-0.2, -0.15) is 0 Å². The summed E-state index contributed by atoms with van der Waals surface area (Å²) in [7, 11) is 0. The van der Waals surface area contributed by atoms with E-state index in [9.17, 15) is 9.59 Å². The van der Waals surface area contributed by atoms with Gasteiger partial charge in [-0.15, -0.1) is 0 Å². The molecule has 0 aromatic heterocycles. The van der Waals surface area contributed by atoms with Crippen LogP contribution in [0.4, 0.5) is 0 Å². The van der Waals surface area contributed by atoms with Crippen LogP contribution in [0.2, 0.25) is 0 Å². The summed E-state index contributed by atoms with van der Waals surface area (Å²) in [5.41, 5.74) is 5.11. The van der Waals surface area contributed by atoms with Gasteiger partial charge >= 0.3 is 0 Å². The van der Waals surface area contributed by atoms with Crippen molar-refractivity contribution in [2.24, 2.45) is 5.73 Å². The monoisotopic (exact) mass is 583 g/mol. The van der Waals surface area contributed by atoms with E-state index in [1.807, 2.05) is 0 Å². The molecule has 0 atom stereocenters. The topological polar surface area (TPSA) is 92.4 Å². The molecule has 4 N–H and O–H groups in total. The van der Waals surface area contributed by atoms with Gasteiger partial charge in [0.15, 0.2) is 0 Å². The highest BCUT2D eigenvalue weighted by molar-refractivity contribution is 5.75. The van der Waals surface area contributed by atoms with Crippen molar-refractivity contribution in [3.63, 3.8) is 0 Å². The third kappa shape index (κ3) is 43.5. The third-order valence-electron chi connectivity index (χ3n) is 7.97. The van der Waals surface area contributed by atoms with Gasteiger partial charge in [-0.05, 0) is 12.8 Å². The molecule has 0 aliphatic rings. The van der Waals surface area contributed by atoms with Crippen LogP contribution in [0.3, 0.4) is 0 Å². The maximum atomic E-state index is 11.3. The number of aliphatic hydroxyl groups is 1. The van der Waals surface area contributed by atoms with Crippen LogP contribution in [0, 0.1) is 0 Å². The summed E-state index contributed by atoms with van der Waals surface area (Å²) in [4.78, 5) is 21.8. The largest absolute Gasteiger partial charge is 0.395 e. The van der Waals surface area contributed by atoms with E-state index in [1.54, 1.807) is 0 Å². The van der Waals surface area contributed by atoms with Crippen LogP contribution in [-0.4, -0.2) is 30.1 Å². The van der Waals surface area contributed by atoms with Crippen molar-refractivity contribution in [3.05, 3.63) is 0 Å². The number of hydrogen-bond acceptors (Lipinski definition) is 3. The summed E-state index contributed by atoms with van der Waals surface area (Å²) >= 11 is 0. The molecule has 0 bridgehead atoms. The van der Waals surface area contributed by atoms with Gasteiger partial charge in [-0.1, -0.05) is 181 Å². The number of rotatable bonds is 32. The molecular weight excluding hydrogens is 508 g/mol. The predicted molar refractivity (Wildman–Crippen MR) is 179 cm³/mol. The van der Waals surface area contributed by atoms with E-state index in [4.69, 9.17) is 10.8 Å². The second kappa shape index (κ2) is 38.9. The number of carbonyl (C=O) groups excluding carboxylic acids is 2. The van der Waals surface area contributed by atoms with E-state index in [1.165, 1.54) is 161 Å². The summed E-state index contributed by atoms with van der Waals surface area (Å²) in [6.45, 7) is 4.96.